The van der Waals surface area contributed by atoms with E-state index in [0.29, 0.717) is 0 Å². The lowest BCUT2D eigenvalue weighted by Crippen LogP contribution is -2.25. The van der Waals surface area contributed by atoms with Gasteiger partial charge in [0.05, 0.1) is 11.4 Å². The molecule has 0 aliphatic rings. The van der Waals surface area contributed by atoms with Crippen LogP contribution in [0, 0.1) is 13.8 Å². The maximum atomic E-state index is 5.28. The minimum absolute atomic E-state index is 0.152. The first-order valence-corrected chi connectivity index (χ1v) is 4.95. The van der Waals surface area contributed by atoms with Crippen LogP contribution in [0.15, 0.2) is 17.4 Å². The Bertz CT molecular complexity index is 412. The van der Waals surface area contributed by atoms with Gasteiger partial charge in [-0.2, -0.15) is 5.10 Å². The van der Waals surface area contributed by atoms with Crippen molar-refractivity contribution in [3.05, 3.63) is 29.1 Å². The minimum atomic E-state index is 0.152. The van der Waals surface area contributed by atoms with E-state index in [1.807, 2.05) is 26.8 Å². The molecule has 4 nitrogen and oxygen atoms in total. The molecule has 0 fully saturated rings. The van der Waals surface area contributed by atoms with Gasteiger partial charge in [-0.05, 0) is 50.2 Å². The molecule has 0 amide bonds. The normalized spacial score (nSPS) is 11.3. The Morgan fingerprint density at radius 3 is 2.80 bits per heavy atom. The summed E-state index contributed by atoms with van der Waals surface area (Å²) >= 11 is 4.66. The van der Waals surface area contributed by atoms with E-state index in [4.69, 9.17) is 5.73 Å². The molecule has 0 aliphatic heterocycles. The molecule has 0 bridgehead atoms. The summed E-state index contributed by atoms with van der Waals surface area (Å²) in [6, 6.07) is 1.97. The number of hydrogen-bond acceptors (Lipinski definition) is 3. The second-order valence-corrected chi connectivity index (χ2v) is 3.71. The molecule has 0 saturated carbocycles. The maximum Gasteiger partial charge on any atom is 0.184 e. The molecule has 1 aromatic heterocycles. The van der Waals surface area contributed by atoms with Crippen LogP contribution in [0.3, 0.4) is 0 Å². The number of rotatable bonds is 2. The van der Waals surface area contributed by atoms with Gasteiger partial charge in [-0.25, -0.2) is 0 Å². The number of aryl methyl sites for hydroxylation is 1. The summed E-state index contributed by atoms with van der Waals surface area (Å²) in [7, 11) is 0. The highest BCUT2D eigenvalue weighted by molar-refractivity contribution is 7.80. The molecular formula is C10H14N4S. The van der Waals surface area contributed by atoms with Crippen molar-refractivity contribution in [1.82, 2.24) is 10.4 Å². The van der Waals surface area contributed by atoms with Gasteiger partial charge in [-0.15, -0.1) is 0 Å². The molecule has 0 aliphatic carbocycles. The molecule has 80 valence electrons. The van der Waals surface area contributed by atoms with E-state index >= 15 is 0 Å². The van der Waals surface area contributed by atoms with Crippen LogP contribution < -0.4 is 11.2 Å². The first-order chi connectivity index (χ1) is 7.02. The van der Waals surface area contributed by atoms with E-state index in [9.17, 15) is 0 Å². The fourth-order valence-electron chi connectivity index (χ4n) is 1.19. The van der Waals surface area contributed by atoms with E-state index < -0.39 is 0 Å². The SMILES string of the molecule is CC(=NNC(N)=S)c1nccc(C)c1C. The second kappa shape index (κ2) is 4.84. The average Bonchev–Trinajstić information content (AvgIpc) is 2.18. The van der Waals surface area contributed by atoms with E-state index in [-0.39, 0.29) is 5.11 Å². The molecule has 1 aromatic rings. The van der Waals surface area contributed by atoms with Gasteiger partial charge in [0, 0.05) is 6.20 Å². The van der Waals surface area contributed by atoms with Gasteiger partial charge in [0.15, 0.2) is 5.11 Å². The average molecular weight is 222 g/mol. The predicted octanol–water partition coefficient (Wildman–Crippen LogP) is 1.26. The van der Waals surface area contributed by atoms with Crippen molar-refractivity contribution in [3.8, 4) is 0 Å². The second-order valence-electron chi connectivity index (χ2n) is 3.27. The van der Waals surface area contributed by atoms with Crippen molar-refractivity contribution in [2.75, 3.05) is 0 Å². The lowest BCUT2D eigenvalue weighted by Gasteiger charge is -2.06. The van der Waals surface area contributed by atoms with Gasteiger partial charge in [0.25, 0.3) is 0 Å². The summed E-state index contributed by atoms with van der Waals surface area (Å²) in [4.78, 5) is 4.26. The van der Waals surface area contributed by atoms with Gasteiger partial charge in [-0.1, -0.05) is 0 Å². The highest BCUT2D eigenvalue weighted by Crippen LogP contribution is 2.10. The zero-order valence-corrected chi connectivity index (χ0v) is 9.85. The van der Waals surface area contributed by atoms with Crippen LogP contribution in [0.2, 0.25) is 0 Å². The summed E-state index contributed by atoms with van der Waals surface area (Å²) in [5, 5.41) is 4.19. The van der Waals surface area contributed by atoms with Gasteiger partial charge in [0.1, 0.15) is 0 Å². The number of pyridine rings is 1. The summed E-state index contributed by atoms with van der Waals surface area (Å²) in [6.45, 7) is 5.91. The lowest BCUT2D eigenvalue weighted by molar-refractivity contribution is 1.02. The van der Waals surface area contributed by atoms with E-state index in [1.165, 1.54) is 5.56 Å². The molecule has 0 aromatic carbocycles. The molecule has 0 atom stereocenters. The molecule has 0 spiro atoms. The van der Waals surface area contributed by atoms with Crippen molar-refractivity contribution in [3.63, 3.8) is 0 Å². The number of hydrazone groups is 1. The number of hydrogen-bond donors (Lipinski definition) is 2. The predicted molar refractivity (Wildman–Crippen MR) is 65.8 cm³/mol. The smallest absolute Gasteiger partial charge is 0.184 e. The Labute approximate surface area is 94.6 Å². The summed E-state index contributed by atoms with van der Waals surface area (Å²) < 4.78 is 0. The molecule has 1 heterocycles. The van der Waals surface area contributed by atoms with Crippen LogP contribution in [-0.4, -0.2) is 15.8 Å². The third-order valence-electron chi connectivity index (χ3n) is 2.15. The van der Waals surface area contributed by atoms with Crippen LogP contribution in [0.4, 0.5) is 0 Å². The maximum absolute atomic E-state index is 5.28. The molecule has 0 radical (unpaired) electrons. The third-order valence-corrected chi connectivity index (χ3v) is 2.24. The van der Waals surface area contributed by atoms with Crippen LogP contribution in [0.1, 0.15) is 23.7 Å². The van der Waals surface area contributed by atoms with Crippen LogP contribution in [0.25, 0.3) is 0 Å². The van der Waals surface area contributed by atoms with Crippen molar-refractivity contribution in [1.29, 1.82) is 0 Å². The third kappa shape index (κ3) is 2.99. The van der Waals surface area contributed by atoms with Crippen LogP contribution >= 0.6 is 12.2 Å². The number of nitrogens with one attached hydrogen (secondary N) is 1. The van der Waals surface area contributed by atoms with E-state index in [2.05, 4.69) is 27.7 Å². The zero-order valence-electron chi connectivity index (χ0n) is 9.03. The zero-order chi connectivity index (χ0) is 11.4. The van der Waals surface area contributed by atoms with Crippen LogP contribution in [0.5, 0.6) is 0 Å². The quantitative estimate of drug-likeness (QED) is 0.449. The summed E-state index contributed by atoms with van der Waals surface area (Å²) in [5.74, 6) is 0. The Morgan fingerprint density at radius 2 is 2.20 bits per heavy atom. The first-order valence-electron chi connectivity index (χ1n) is 4.54. The van der Waals surface area contributed by atoms with E-state index in [1.54, 1.807) is 6.20 Å². The van der Waals surface area contributed by atoms with Crippen molar-refractivity contribution in [2.24, 2.45) is 10.8 Å². The fourth-order valence-corrected chi connectivity index (χ4v) is 1.23. The summed E-state index contributed by atoms with van der Waals surface area (Å²) in [6.07, 6.45) is 1.76. The Balaban J connectivity index is 3.00. The first kappa shape index (κ1) is 11.6. The van der Waals surface area contributed by atoms with Crippen molar-refractivity contribution < 1.29 is 0 Å². The Morgan fingerprint density at radius 1 is 1.53 bits per heavy atom. The van der Waals surface area contributed by atoms with Gasteiger partial charge < -0.3 is 5.73 Å². The number of aromatic nitrogens is 1. The Kier molecular flexibility index (Phi) is 3.74. The van der Waals surface area contributed by atoms with Gasteiger partial charge in [-0.3, -0.25) is 10.4 Å². The van der Waals surface area contributed by atoms with Crippen molar-refractivity contribution >= 4 is 23.0 Å². The molecular weight excluding hydrogens is 208 g/mol. The number of thiocarbonyl (C=S) groups is 1. The van der Waals surface area contributed by atoms with Crippen molar-refractivity contribution in [2.45, 2.75) is 20.8 Å². The highest BCUT2D eigenvalue weighted by atomic mass is 32.1. The van der Waals surface area contributed by atoms with Gasteiger partial charge >= 0.3 is 0 Å². The monoisotopic (exact) mass is 222 g/mol. The minimum Gasteiger partial charge on any atom is -0.375 e. The summed E-state index contributed by atoms with van der Waals surface area (Å²) in [5.41, 5.74) is 11.8. The highest BCUT2D eigenvalue weighted by Gasteiger charge is 2.05. The molecule has 0 unspecified atom stereocenters. The molecule has 15 heavy (non-hydrogen) atoms. The number of nitrogens with two attached hydrogens (primary N) is 1. The topological polar surface area (TPSA) is 63.3 Å². The van der Waals surface area contributed by atoms with E-state index in [0.717, 1.165) is 17.0 Å². The largest absolute Gasteiger partial charge is 0.375 e. The molecule has 3 N–H and O–H groups in total. The van der Waals surface area contributed by atoms with Gasteiger partial charge in [0.2, 0.25) is 0 Å². The van der Waals surface area contributed by atoms with Crippen LogP contribution in [-0.2, 0) is 0 Å². The Hall–Kier alpha value is -1.49. The fraction of sp³-hybridized carbons (Fsp3) is 0.300. The molecule has 1 rings (SSSR count). The molecule has 0 saturated heterocycles. The standard InChI is InChI=1S/C10H14N4S/c1-6-4-5-12-9(7(6)2)8(3)13-14-10(11)15/h4-5H,1-3H3,(H3,11,14,15). The molecule has 5 heteroatoms. The number of nitrogens with zero attached hydrogens (tertiary/aromatic N) is 2. The lowest BCUT2D eigenvalue weighted by atomic mass is 10.1.